The van der Waals surface area contributed by atoms with Crippen molar-refractivity contribution in [2.24, 2.45) is 0 Å². The van der Waals surface area contributed by atoms with Gasteiger partial charge in [0, 0.05) is 19.8 Å². The molecule has 0 aromatic heterocycles. The minimum absolute atomic E-state index is 0.370. The number of nitrogens with zero attached hydrogens (tertiary/aromatic N) is 1. The molecule has 0 saturated carbocycles. The third-order valence-corrected chi connectivity index (χ3v) is 1.94. The molecule has 0 spiro atoms. The van der Waals surface area contributed by atoms with Gasteiger partial charge in [0.25, 0.3) is 0 Å². The summed E-state index contributed by atoms with van der Waals surface area (Å²) in [5, 5.41) is 0. The van der Waals surface area contributed by atoms with E-state index in [1.807, 2.05) is 0 Å². The SMILES string of the molecule is [B][B]C(C)N(C(C)C)C(C)C. The Hall–Kier alpha value is 0.0899. The van der Waals surface area contributed by atoms with Gasteiger partial charge in [-0.05, 0) is 33.6 Å². The average Bonchev–Trinajstić information content (AvgIpc) is 1.85. The third-order valence-electron chi connectivity index (χ3n) is 1.94. The summed E-state index contributed by atoms with van der Waals surface area (Å²) in [6, 6.07) is 1.12. The molecule has 0 aliphatic rings. The molecule has 0 rings (SSSR count). The van der Waals surface area contributed by atoms with Crippen molar-refractivity contribution in [3.63, 3.8) is 0 Å². The van der Waals surface area contributed by atoms with Crippen molar-refractivity contribution in [1.82, 2.24) is 4.90 Å². The Morgan fingerprint density at radius 3 is 1.45 bits per heavy atom. The smallest absolute Gasteiger partial charge is 0.0776 e. The topological polar surface area (TPSA) is 3.24 Å². The molecule has 0 aliphatic heterocycles. The zero-order valence-electron chi connectivity index (χ0n) is 8.33. The first-order valence-corrected chi connectivity index (χ1v) is 4.33. The molecule has 1 unspecified atom stereocenters. The van der Waals surface area contributed by atoms with Crippen molar-refractivity contribution in [1.29, 1.82) is 0 Å². The highest BCUT2D eigenvalue weighted by atomic mass is 15.2. The first-order valence-electron chi connectivity index (χ1n) is 4.33. The average molecular weight is 150 g/mol. The van der Waals surface area contributed by atoms with Crippen LogP contribution in [0.25, 0.3) is 0 Å². The standard InChI is InChI=1S/C8H18B2N/c1-6(2)11(7(3)4)8(5)10-9/h6-8H,1-5H3. The van der Waals surface area contributed by atoms with Gasteiger partial charge in [-0.3, -0.25) is 0 Å². The number of hydrogen-bond donors (Lipinski definition) is 0. The summed E-state index contributed by atoms with van der Waals surface area (Å²) in [5.41, 5.74) is 0. The molecule has 1 atom stereocenters. The van der Waals surface area contributed by atoms with Crippen LogP contribution >= 0.6 is 0 Å². The van der Waals surface area contributed by atoms with Gasteiger partial charge in [0.2, 0.25) is 0 Å². The third kappa shape index (κ3) is 3.33. The lowest BCUT2D eigenvalue weighted by Gasteiger charge is -2.36. The van der Waals surface area contributed by atoms with Crippen molar-refractivity contribution in [2.75, 3.05) is 0 Å². The Kier molecular flexibility index (Phi) is 4.91. The lowest BCUT2D eigenvalue weighted by molar-refractivity contribution is 0.163. The van der Waals surface area contributed by atoms with Gasteiger partial charge >= 0.3 is 0 Å². The van der Waals surface area contributed by atoms with Crippen LogP contribution in [0, 0.1) is 0 Å². The largest absolute Gasteiger partial charge is 0.305 e. The highest BCUT2D eigenvalue weighted by molar-refractivity contribution is 6.90. The second-order valence-corrected chi connectivity index (χ2v) is 3.57. The van der Waals surface area contributed by atoms with E-state index in [4.69, 9.17) is 7.74 Å². The van der Waals surface area contributed by atoms with Crippen LogP contribution in [0.4, 0.5) is 0 Å². The summed E-state index contributed by atoms with van der Waals surface area (Å²) in [5.74, 6) is 0.370. The Morgan fingerprint density at radius 1 is 1.00 bits per heavy atom. The van der Waals surface area contributed by atoms with Crippen LogP contribution in [0.2, 0.25) is 0 Å². The first kappa shape index (κ1) is 11.1. The minimum Gasteiger partial charge on any atom is -0.305 e. The molecule has 0 aromatic carbocycles. The van der Waals surface area contributed by atoms with Gasteiger partial charge in [0.15, 0.2) is 0 Å². The number of hydrogen-bond acceptors (Lipinski definition) is 1. The summed E-state index contributed by atoms with van der Waals surface area (Å²) in [7, 11) is 7.23. The van der Waals surface area contributed by atoms with E-state index in [2.05, 4.69) is 39.5 Å². The fourth-order valence-corrected chi connectivity index (χ4v) is 1.64. The van der Waals surface area contributed by atoms with E-state index in [1.165, 1.54) is 0 Å². The van der Waals surface area contributed by atoms with Crippen molar-refractivity contribution >= 4 is 14.9 Å². The molecule has 11 heavy (non-hydrogen) atoms. The van der Waals surface area contributed by atoms with Gasteiger partial charge in [-0.25, -0.2) is 0 Å². The van der Waals surface area contributed by atoms with E-state index < -0.39 is 0 Å². The second-order valence-electron chi connectivity index (χ2n) is 3.57. The Labute approximate surface area is 73.2 Å². The van der Waals surface area contributed by atoms with Crippen LogP contribution in [-0.4, -0.2) is 37.8 Å². The fourth-order valence-electron chi connectivity index (χ4n) is 1.64. The molecule has 0 fully saturated rings. The van der Waals surface area contributed by atoms with Crippen LogP contribution < -0.4 is 0 Å². The molecule has 3 radical (unpaired) electrons. The zero-order valence-corrected chi connectivity index (χ0v) is 8.33. The summed E-state index contributed by atoms with van der Waals surface area (Å²) in [4.78, 5) is 2.38. The Balaban J connectivity index is 4.09. The van der Waals surface area contributed by atoms with Crippen molar-refractivity contribution in [3.05, 3.63) is 0 Å². The predicted octanol–water partition coefficient (Wildman–Crippen LogP) is 1.24. The molecular weight excluding hydrogens is 132 g/mol. The first-order chi connectivity index (χ1) is 5.00. The normalized spacial score (nSPS) is 14.5. The van der Waals surface area contributed by atoms with E-state index in [0.29, 0.717) is 18.0 Å². The molecule has 1 nitrogen and oxygen atoms in total. The zero-order chi connectivity index (χ0) is 9.02. The maximum atomic E-state index is 5.48. The highest BCUT2D eigenvalue weighted by Gasteiger charge is 2.17. The van der Waals surface area contributed by atoms with Crippen LogP contribution in [0.1, 0.15) is 34.6 Å². The van der Waals surface area contributed by atoms with Crippen molar-refractivity contribution in [3.8, 4) is 0 Å². The van der Waals surface area contributed by atoms with Gasteiger partial charge < -0.3 is 4.90 Å². The van der Waals surface area contributed by atoms with Gasteiger partial charge in [-0.1, -0.05) is 6.92 Å². The van der Waals surface area contributed by atoms with Crippen LogP contribution in [0.5, 0.6) is 0 Å². The van der Waals surface area contributed by atoms with E-state index >= 15 is 0 Å². The maximum absolute atomic E-state index is 5.48. The van der Waals surface area contributed by atoms with Crippen molar-refractivity contribution in [2.45, 2.75) is 52.6 Å². The van der Waals surface area contributed by atoms with Gasteiger partial charge in [0.05, 0.1) is 7.17 Å². The summed E-state index contributed by atoms with van der Waals surface area (Å²) >= 11 is 0. The Morgan fingerprint density at radius 2 is 1.36 bits per heavy atom. The second kappa shape index (κ2) is 4.87. The van der Waals surface area contributed by atoms with Crippen molar-refractivity contribution < 1.29 is 0 Å². The molecule has 0 aliphatic carbocycles. The van der Waals surface area contributed by atoms with Crippen LogP contribution in [0.3, 0.4) is 0 Å². The molecule has 0 heterocycles. The predicted molar refractivity (Wildman–Crippen MR) is 53.1 cm³/mol. The van der Waals surface area contributed by atoms with Gasteiger partial charge in [0.1, 0.15) is 0 Å². The highest BCUT2D eigenvalue weighted by Crippen LogP contribution is 2.08. The molecule has 0 aromatic rings. The maximum Gasteiger partial charge on any atom is 0.0776 e. The molecular formula is C8H18B2N. The van der Waals surface area contributed by atoms with Gasteiger partial charge in [-0.2, -0.15) is 0 Å². The molecule has 0 amide bonds. The quantitative estimate of drug-likeness (QED) is 0.544. The summed E-state index contributed by atoms with van der Waals surface area (Å²) < 4.78 is 0. The lowest BCUT2D eigenvalue weighted by atomic mass is 9.50. The fraction of sp³-hybridized carbons (Fsp3) is 1.00. The van der Waals surface area contributed by atoms with Crippen LogP contribution in [0.15, 0.2) is 0 Å². The van der Waals surface area contributed by atoms with E-state index in [1.54, 1.807) is 7.17 Å². The summed E-state index contributed by atoms with van der Waals surface area (Å²) in [6.45, 7) is 10.9. The molecule has 61 valence electrons. The molecule has 0 bridgehead atoms. The van der Waals surface area contributed by atoms with E-state index in [-0.39, 0.29) is 0 Å². The van der Waals surface area contributed by atoms with Gasteiger partial charge in [-0.15, -0.1) is 0 Å². The molecule has 3 heteroatoms. The minimum atomic E-state index is 0.370. The lowest BCUT2D eigenvalue weighted by Crippen LogP contribution is -2.46. The Bertz CT molecular complexity index is 96.3. The monoisotopic (exact) mass is 150 g/mol. The summed E-state index contributed by atoms with van der Waals surface area (Å²) in [6.07, 6.45) is 0. The van der Waals surface area contributed by atoms with E-state index in [0.717, 1.165) is 0 Å². The van der Waals surface area contributed by atoms with Crippen LogP contribution in [-0.2, 0) is 0 Å². The number of rotatable bonds is 4. The molecule has 0 N–H and O–H groups in total. The van der Waals surface area contributed by atoms with E-state index in [9.17, 15) is 0 Å². The molecule has 0 saturated heterocycles.